The van der Waals surface area contributed by atoms with Crippen LogP contribution in [0.15, 0.2) is 49.1 Å². The molecule has 4 N–H and O–H groups in total. The normalized spacial score (nSPS) is 19.9. The zero-order valence-electron chi connectivity index (χ0n) is 16.9. The summed E-state index contributed by atoms with van der Waals surface area (Å²) in [5, 5.41) is 5.47. The second-order valence-electron chi connectivity index (χ2n) is 7.35. The first-order valence-corrected chi connectivity index (χ1v) is 10.2. The highest BCUT2D eigenvalue weighted by molar-refractivity contribution is 6.35. The molecule has 154 valence electrons. The molecule has 2 aromatic heterocycles. The van der Waals surface area contributed by atoms with Gasteiger partial charge in [0.1, 0.15) is 32.2 Å². The van der Waals surface area contributed by atoms with Gasteiger partial charge >= 0.3 is 11.8 Å². The van der Waals surface area contributed by atoms with Crippen molar-refractivity contribution in [1.29, 1.82) is 0 Å². The predicted octanol–water partition coefficient (Wildman–Crippen LogP) is -2.25. The van der Waals surface area contributed by atoms with Gasteiger partial charge in [-0.15, -0.1) is 0 Å². The number of hydrogen-bond donors (Lipinski definition) is 4. The number of aromatic nitrogens is 2. The van der Waals surface area contributed by atoms with E-state index in [1.54, 1.807) is 35.6 Å². The monoisotopic (exact) mass is 398 g/mol. The molecule has 0 spiro atoms. The zero-order chi connectivity index (χ0) is 20.5. The molecule has 8 heteroatoms. The molecule has 1 aliphatic rings. The van der Waals surface area contributed by atoms with Crippen molar-refractivity contribution < 1.29 is 19.4 Å². The van der Waals surface area contributed by atoms with Crippen molar-refractivity contribution >= 4 is 11.8 Å². The van der Waals surface area contributed by atoms with Crippen LogP contribution in [0.25, 0.3) is 0 Å². The highest BCUT2D eigenvalue weighted by Crippen LogP contribution is 2.07. The van der Waals surface area contributed by atoms with Gasteiger partial charge in [0, 0.05) is 36.9 Å². The fourth-order valence-electron chi connectivity index (χ4n) is 3.74. The smallest absolute Gasteiger partial charge is 0.309 e. The van der Waals surface area contributed by atoms with Gasteiger partial charge in [-0.05, 0) is 36.8 Å². The third-order valence-electron chi connectivity index (χ3n) is 5.55. The minimum Gasteiger partial charge on any atom is -0.344 e. The molecule has 3 rings (SSSR count). The van der Waals surface area contributed by atoms with Crippen LogP contribution in [0.4, 0.5) is 0 Å². The van der Waals surface area contributed by atoms with E-state index in [4.69, 9.17) is 0 Å². The third-order valence-corrected chi connectivity index (χ3v) is 5.55. The number of pyridine rings is 2. The molecule has 8 nitrogen and oxygen atoms in total. The number of nitrogens with one attached hydrogen (secondary N) is 4. The highest BCUT2D eigenvalue weighted by Gasteiger charge is 2.31. The van der Waals surface area contributed by atoms with Gasteiger partial charge in [0.05, 0.1) is 13.1 Å². The number of piperazine rings is 1. The Morgan fingerprint density at radius 1 is 1.00 bits per heavy atom. The lowest BCUT2D eigenvalue weighted by Crippen LogP contribution is -3.28. The van der Waals surface area contributed by atoms with E-state index in [1.165, 1.54) is 4.90 Å². The van der Waals surface area contributed by atoms with Gasteiger partial charge in [0.2, 0.25) is 0 Å². The molecule has 1 saturated heterocycles. The summed E-state index contributed by atoms with van der Waals surface area (Å²) in [7, 11) is 0. The Kier molecular flexibility index (Phi) is 7.66. The lowest BCUT2D eigenvalue weighted by molar-refractivity contribution is -1.03. The van der Waals surface area contributed by atoms with Gasteiger partial charge in [0.15, 0.2) is 0 Å². The van der Waals surface area contributed by atoms with E-state index >= 15 is 0 Å². The zero-order valence-corrected chi connectivity index (χ0v) is 16.9. The topological polar surface area (TPSA) is 92.9 Å². The first kappa shape index (κ1) is 20.9. The van der Waals surface area contributed by atoms with Gasteiger partial charge in [0.25, 0.3) is 0 Å². The number of rotatable bonds is 7. The van der Waals surface area contributed by atoms with Gasteiger partial charge in [-0.1, -0.05) is 0 Å². The van der Waals surface area contributed by atoms with Crippen LogP contribution in [0.1, 0.15) is 24.1 Å². The number of likely N-dealkylation sites (N-methyl/N-ethyl adjacent to an activating group) is 1. The first-order valence-electron chi connectivity index (χ1n) is 10.2. The average molecular weight is 399 g/mol. The van der Waals surface area contributed by atoms with Crippen LogP contribution in [-0.2, 0) is 16.1 Å². The Labute approximate surface area is 171 Å². The van der Waals surface area contributed by atoms with Crippen LogP contribution < -0.4 is 20.4 Å². The van der Waals surface area contributed by atoms with Crippen molar-refractivity contribution in [3.05, 3.63) is 60.2 Å². The van der Waals surface area contributed by atoms with E-state index in [9.17, 15) is 9.59 Å². The molecule has 0 bridgehead atoms. The van der Waals surface area contributed by atoms with Crippen LogP contribution >= 0.6 is 0 Å². The number of carbonyl (C=O) groups excluding carboxylic acids is 2. The number of hydrogen-bond acceptors (Lipinski definition) is 4. The van der Waals surface area contributed by atoms with Crippen LogP contribution in [0, 0.1) is 0 Å². The Morgan fingerprint density at radius 2 is 1.72 bits per heavy atom. The molecular formula is C21H30N6O2+2. The Morgan fingerprint density at radius 3 is 2.38 bits per heavy atom. The summed E-state index contributed by atoms with van der Waals surface area (Å²) >= 11 is 0. The molecule has 2 aromatic rings. The van der Waals surface area contributed by atoms with E-state index in [1.807, 2.05) is 18.3 Å². The van der Waals surface area contributed by atoms with Gasteiger partial charge in [-0.25, -0.2) is 0 Å². The second kappa shape index (κ2) is 10.6. The molecule has 1 aliphatic heterocycles. The second-order valence-corrected chi connectivity index (χ2v) is 7.35. The van der Waals surface area contributed by atoms with Crippen LogP contribution in [0.2, 0.25) is 0 Å². The number of quaternary nitrogens is 2. The maximum atomic E-state index is 12.3. The van der Waals surface area contributed by atoms with Crippen molar-refractivity contribution in [3.63, 3.8) is 0 Å². The molecule has 3 heterocycles. The van der Waals surface area contributed by atoms with Crippen molar-refractivity contribution in [2.75, 3.05) is 39.3 Å². The lowest BCUT2D eigenvalue weighted by atomic mass is 10.1. The molecule has 29 heavy (non-hydrogen) atoms. The standard InChI is InChI=1S/C21H28N6O2/c1-2-26-10-12-27(13-11-26)19(18-4-3-7-23-15-18)16-25-21(29)20(28)24-14-17-5-8-22-9-6-17/h3-9,15,19H,2,10-14,16H2,1H3,(H,24,28)(H,25,29)/p+2/t19-/m0/s1. The van der Waals surface area contributed by atoms with Crippen molar-refractivity contribution in [3.8, 4) is 0 Å². The summed E-state index contributed by atoms with van der Waals surface area (Å²) in [5.41, 5.74) is 1.98. The number of amides is 2. The fraction of sp³-hybridized carbons (Fsp3) is 0.429. The van der Waals surface area contributed by atoms with E-state index in [0.29, 0.717) is 13.1 Å². The molecule has 0 aromatic carbocycles. The van der Waals surface area contributed by atoms with Crippen LogP contribution in [-0.4, -0.2) is 61.1 Å². The number of carbonyl (C=O) groups is 2. The van der Waals surface area contributed by atoms with E-state index < -0.39 is 11.8 Å². The molecule has 2 amide bonds. The Hall–Kier alpha value is -2.84. The molecule has 0 saturated carbocycles. The van der Waals surface area contributed by atoms with E-state index in [-0.39, 0.29) is 6.04 Å². The molecule has 1 atom stereocenters. The minimum absolute atomic E-state index is 0.0825. The average Bonchev–Trinajstić information content (AvgIpc) is 2.79. The fourth-order valence-corrected chi connectivity index (χ4v) is 3.74. The first-order chi connectivity index (χ1) is 14.2. The van der Waals surface area contributed by atoms with E-state index in [2.05, 4.69) is 27.5 Å². The van der Waals surface area contributed by atoms with Crippen molar-refractivity contribution in [2.45, 2.75) is 19.5 Å². The van der Waals surface area contributed by atoms with Crippen LogP contribution in [0.3, 0.4) is 0 Å². The molecule has 0 unspecified atom stereocenters. The van der Waals surface area contributed by atoms with Crippen molar-refractivity contribution in [1.82, 2.24) is 20.6 Å². The Balaban J connectivity index is 1.56. The van der Waals surface area contributed by atoms with Gasteiger partial charge < -0.3 is 20.4 Å². The quantitative estimate of drug-likeness (QED) is 0.397. The van der Waals surface area contributed by atoms with E-state index in [0.717, 1.165) is 43.9 Å². The maximum absolute atomic E-state index is 12.3. The minimum atomic E-state index is -0.623. The predicted molar refractivity (Wildman–Crippen MR) is 108 cm³/mol. The summed E-state index contributed by atoms with van der Waals surface area (Å²) in [5.74, 6) is -1.23. The maximum Gasteiger partial charge on any atom is 0.309 e. The lowest BCUT2D eigenvalue weighted by Gasteiger charge is -2.34. The summed E-state index contributed by atoms with van der Waals surface area (Å²) < 4.78 is 0. The summed E-state index contributed by atoms with van der Waals surface area (Å²) in [6.45, 7) is 8.35. The summed E-state index contributed by atoms with van der Waals surface area (Å²) in [6, 6.07) is 7.65. The summed E-state index contributed by atoms with van der Waals surface area (Å²) in [6.07, 6.45) is 6.91. The largest absolute Gasteiger partial charge is 0.344 e. The molecule has 0 radical (unpaired) electrons. The molecule has 1 fully saturated rings. The molecular weight excluding hydrogens is 368 g/mol. The van der Waals surface area contributed by atoms with Crippen molar-refractivity contribution in [2.24, 2.45) is 0 Å². The number of nitrogens with zero attached hydrogens (tertiary/aromatic N) is 2. The van der Waals surface area contributed by atoms with Gasteiger partial charge in [-0.2, -0.15) is 0 Å². The Bertz CT molecular complexity index is 778. The SMILES string of the molecule is CC[NH+]1CC[NH+]([C@@H](CNC(=O)C(=O)NCc2ccncc2)c2cccnc2)CC1. The van der Waals surface area contributed by atoms with Crippen LogP contribution in [0.5, 0.6) is 0 Å². The van der Waals surface area contributed by atoms with Gasteiger partial charge in [-0.3, -0.25) is 19.6 Å². The molecule has 0 aliphatic carbocycles. The summed E-state index contributed by atoms with van der Waals surface area (Å²) in [4.78, 5) is 35.7. The third kappa shape index (κ3) is 6.07. The highest BCUT2D eigenvalue weighted by atomic mass is 16.2.